The summed E-state index contributed by atoms with van der Waals surface area (Å²) in [4.78, 5) is 23.1. The highest BCUT2D eigenvalue weighted by molar-refractivity contribution is 6.30. The van der Waals surface area contributed by atoms with E-state index in [0.29, 0.717) is 23.1 Å². The summed E-state index contributed by atoms with van der Waals surface area (Å²) in [5.41, 5.74) is 3.39. The van der Waals surface area contributed by atoms with Crippen LogP contribution in [0.25, 0.3) is 11.3 Å². The van der Waals surface area contributed by atoms with E-state index in [4.69, 9.17) is 27.9 Å². The fraction of sp³-hybridized carbons (Fsp3) is 0.250. The molecule has 0 aliphatic rings. The number of hydrogen-bond donors (Lipinski definition) is 0. The van der Waals surface area contributed by atoms with Crippen LogP contribution in [0.1, 0.15) is 18.3 Å². The Morgan fingerprint density at radius 3 is 1.93 bits per heavy atom. The minimum Gasteiger partial charge on any atom is -0.468 e. The molecule has 0 aliphatic carbocycles. The van der Waals surface area contributed by atoms with Crippen molar-refractivity contribution >= 4 is 40.5 Å². The number of hydrogen-bond acceptors (Lipinski definition) is 5. The molecule has 4 heterocycles. The molecule has 7 nitrogen and oxygen atoms in total. The first-order valence-corrected chi connectivity index (χ1v) is 9.76. The van der Waals surface area contributed by atoms with Gasteiger partial charge in [0.2, 0.25) is 0 Å². The molecular weight excluding hydrogens is 413 g/mol. The van der Waals surface area contributed by atoms with Gasteiger partial charge in [0.15, 0.2) is 0 Å². The first-order valence-electron chi connectivity index (χ1n) is 9.01. The van der Waals surface area contributed by atoms with E-state index in [-0.39, 0.29) is 5.97 Å². The molecule has 0 fully saturated rings. The van der Waals surface area contributed by atoms with Crippen LogP contribution in [0.3, 0.4) is 0 Å². The van der Waals surface area contributed by atoms with Gasteiger partial charge in [0.25, 0.3) is 0 Å². The maximum Gasteiger partial charge on any atom is 0.322 e. The van der Waals surface area contributed by atoms with E-state index in [2.05, 4.69) is 9.97 Å². The van der Waals surface area contributed by atoms with Gasteiger partial charge >= 0.3 is 5.97 Å². The van der Waals surface area contributed by atoms with E-state index >= 15 is 0 Å². The molecule has 29 heavy (non-hydrogen) atoms. The van der Waals surface area contributed by atoms with Crippen molar-refractivity contribution in [2.24, 2.45) is 0 Å². The minimum atomic E-state index is -0.477. The number of methoxy groups -OCH3 is 1. The van der Waals surface area contributed by atoms with Gasteiger partial charge in [-0.3, -0.25) is 9.69 Å². The zero-order chi connectivity index (χ0) is 20.5. The molecule has 0 unspecified atom stereocenters. The summed E-state index contributed by atoms with van der Waals surface area (Å²) in [7, 11) is 1.39. The van der Waals surface area contributed by atoms with Crippen LogP contribution in [0.15, 0.2) is 49.1 Å². The van der Waals surface area contributed by atoms with Gasteiger partial charge in [-0.25, -0.2) is 9.97 Å². The third-order valence-corrected chi connectivity index (χ3v) is 5.36. The minimum absolute atomic E-state index is 0.316. The van der Waals surface area contributed by atoms with E-state index in [1.54, 1.807) is 24.5 Å². The number of aromatic nitrogens is 4. The Bertz CT molecular complexity index is 1100. The molecule has 150 valence electrons. The lowest BCUT2D eigenvalue weighted by Gasteiger charge is -2.26. The number of fused-ring (bicyclic) bond motifs is 2. The molecule has 0 saturated heterocycles. The van der Waals surface area contributed by atoms with Crippen molar-refractivity contribution in [3.63, 3.8) is 0 Å². The number of imidazole rings is 2. The lowest BCUT2D eigenvalue weighted by Crippen LogP contribution is -2.39. The van der Waals surface area contributed by atoms with Crippen LogP contribution in [-0.4, -0.2) is 42.8 Å². The van der Waals surface area contributed by atoms with Crippen LogP contribution >= 0.6 is 23.2 Å². The maximum atomic E-state index is 12.3. The number of nitrogens with zero attached hydrogens (tertiary/aromatic N) is 5. The molecule has 9 heteroatoms. The molecule has 0 aromatic carbocycles. The molecular formula is C20H19Cl2N5O2. The molecule has 1 atom stereocenters. The maximum absolute atomic E-state index is 12.3. The second-order valence-corrected chi connectivity index (χ2v) is 7.63. The van der Waals surface area contributed by atoms with E-state index < -0.39 is 6.04 Å². The first-order chi connectivity index (χ1) is 14.0. The van der Waals surface area contributed by atoms with Crippen LogP contribution in [0.5, 0.6) is 0 Å². The SMILES string of the molecule is COC(=O)[C@H](C)N(Cc1cnc2ccc(Cl)cn12)Cc1cnc2ccc(Cl)cn12. The standard InChI is InChI=1S/C20H19Cl2N5O2/c1-13(20(28)29-2)25(11-16-7-23-18-5-3-14(21)9-26(16)18)12-17-8-24-19-6-4-15(22)10-27(17)19/h3-10,13H,11-12H2,1-2H3/t13-/m0/s1. The van der Waals surface area contributed by atoms with Crippen LogP contribution in [0.4, 0.5) is 0 Å². The highest BCUT2D eigenvalue weighted by Crippen LogP contribution is 2.19. The zero-order valence-electron chi connectivity index (χ0n) is 15.9. The lowest BCUT2D eigenvalue weighted by molar-refractivity contribution is -0.146. The monoisotopic (exact) mass is 431 g/mol. The highest BCUT2D eigenvalue weighted by atomic mass is 35.5. The van der Waals surface area contributed by atoms with Crippen molar-refractivity contribution in [2.75, 3.05) is 7.11 Å². The quantitative estimate of drug-likeness (QED) is 0.433. The average Bonchev–Trinajstić information content (AvgIpc) is 3.30. The predicted molar refractivity (Wildman–Crippen MR) is 111 cm³/mol. The third kappa shape index (κ3) is 3.94. The number of ether oxygens (including phenoxy) is 1. The van der Waals surface area contributed by atoms with Crippen molar-refractivity contribution in [1.29, 1.82) is 0 Å². The van der Waals surface area contributed by atoms with Crippen molar-refractivity contribution in [2.45, 2.75) is 26.1 Å². The Hall–Kier alpha value is -2.61. The van der Waals surface area contributed by atoms with Crippen LogP contribution in [0, 0.1) is 0 Å². The van der Waals surface area contributed by atoms with Crippen LogP contribution in [-0.2, 0) is 22.6 Å². The molecule has 0 spiro atoms. The molecule has 4 aromatic heterocycles. The summed E-state index contributed by atoms with van der Waals surface area (Å²) in [5, 5.41) is 1.22. The van der Waals surface area contributed by atoms with Gasteiger partial charge in [0.1, 0.15) is 17.3 Å². The lowest BCUT2D eigenvalue weighted by atomic mass is 10.2. The van der Waals surface area contributed by atoms with Crippen molar-refractivity contribution in [1.82, 2.24) is 23.7 Å². The fourth-order valence-corrected chi connectivity index (χ4v) is 3.63. The van der Waals surface area contributed by atoms with Gasteiger partial charge in [0, 0.05) is 25.5 Å². The summed E-state index contributed by atoms with van der Waals surface area (Å²) < 4.78 is 8.82. The van der Waals surface area contributed by atoms with Gasteiger partial charge in [-0.15, -0.1) is 0 Å². The van der Waals surface area contributed by atoms with E-state index in [0.717, 1.165) is 22.7 Å². The van der Waals surface area contributed by atoms with Crippen molar-refractivity contribution in [3.05, 3.63) is 70.5 Å². The summed E-state index contributed by atoms with van der Waals surface area (Å²) in [6, 6.07) is 6.82. The molecule has 0 saturated carbocycles. The smallest absolute Gasteiger partial charge is 0.322 e. The molecule has 0 radical (unpaired) electrons. The zero-order valence-corrected chi connectivity index (χ0v) is 17.4. The number of carbonyl (C=O) groups excluding carboxylic acids is 1. The number of esters is 1. The average molecular weight is 432 g/mol. The molecule has 4 rings (SSSR count). The summed E-state index contributed by atoms with van der Waals surface area (Å²) in [6.07, 6.45) is 7.20. The van der Waals surface area contributed by atoms with E-state index in [1.165, 1.54) is 7.11 Å². The van der Waals surface area contributed by atoms with Gasteiger partial charge in [0.05, 0.1) is 40.9 Å². The van der Waals surface area contributed by atoms with Crippen LogP contribution in [0.2, 0.25) is 10.0 Å². The number of carbonyl (C=O) groups is 1. The van der Waals surface area contributed by atoms with E-state index in [1.807, 2.05) is 45.2 Å². The first kappa shape index (κ1) is 19.7. The van der Waals surface area contributed by atoms with Crippen LogP contribution < -0.4 is 0 Å². The Balaban J connectivity index is 1.70. The Morgan fingerprint density at radius 1 is 1.00 bits per heavy atom. The molecule has 4 aromatic rings. The molecule has 0 amide bonds. The molecule has 0 aliphatic heterocycles. The summed E-state index contributed by atoms with van der Waals surface area (Å²) >= 11 is 12.3. The van der Waals surface area contributed by atoms with Gasteiger partial charge in [-0.1, -0.05) is 23.2 Å². The predicted octanol–water partition coefficient (Wildman–Crippen LogP) is 3.85. The normalized spacial score (nSPS) is 12.7. The summed E-state index contributed by atoms with van der Waals surface area (Å²) in [6.45, 7) is 2.75. The Labute approximate surface area is 177 Å². The second-order valence-electron chi connectivity index (χ2n) is 6.75. The fourth-order valence-electron chi connectivity index (χ4n) is 3.31. The van der Waals surface area contributed by atoms with Gasteiger partial charge < -0.3 is 13.5 Å². The highest BCUT2D eigenvalue weighted by Gasteiger charge is 2.24. The van der Waals surface area contributed by atoms with Crippen molar-refractivity contribution in [3.8, 4) is 0 Å². The van der Waals surface area contributed by atoms with E-state index in [9.17, 15) is 4.79 Å². The van der Waals surface area contributed by atoms with Gasteiger partial charge in [-0.05, 0) is 31.2 Å². The summed E-state index contributed by atoms with van der Waals surface area (Å²) in [5.74, 6) is -0.316. The topological polar surface area (TPSA) is 64.1 Å². The Kier molecular flexibility index (Phi) is 5.45. The third-order valence-electron chi connectivity index (χ3n) is 4.91. The number of rotatable bonds is 6. The molecule has 0 N–H and O–H groups in total. The molecule has 0 bridgehead atoms. The number of pyridine rings is 2. The second kappa shape index (κ2) is 8.02. The largest absolute Gasteiger partial charge is 0.468 e. The Morgan fingerprint density at radius 2 is 1.48 bits per heavy atom. The number of halogens is 2. The van der Waals surface area contributed by atoms with Gasteiger partial charge in [-0.2, -0.15) is 0 Å². The van der Waals surface area contributed by atoms with Crippen molar-refractivity contribution < 1.29 is 9.53 Å².